The van der Waals surface area contributed by atoms with Gasteiger partial charge in [0.05, 0.1) is 37.7 Å². The van der Waals surface area contributed by atoms with Crippen LogP contribution >= 0.6 is 13.5 Å². The number of fused-ring (bicyclic) bond motifs is 1. The van der Waals surface area contributed by atoms with E-state index < -0.39 is 5.97 Å². The topological polar surface area (TPSA) is 97.0 Å². The first-order valence-electron chi connectivity index (χ1n) is 9.28. The van der Waals surface area contributed by atoms with Gasteiger partial charge in [0, 0.05) is 6.20 Å². The molecule has 1 aromatic carbocycles. The van der Waals surface area contributed by atoms with Gasteiger partial charge in [-0.25, -0.2) is 18.9 Å². The highest BCUT2D eigenvalue weighted by atomic mass is 32.1. The van der Waals surface area contributed by atoms with Crippen molar-refractivity contribution >= 4 is 30.5 Å². The highest BCUT2D eigenvalue weighted by Gasteiger charge is 2.20. The minimum Gasteiger partial charge on any atom is -0.479 e. The van der Waals surface area contributed by atoms with E-state index in [0.717, 1.165) is 5.56 Å². The van der Waals surface area contributed by atoms with Crippen molar-refractivity contribution in [2.75, 3.05) is 13.7 Å². The van der Waals surface area contributed by atoms with Crippen LogP contribution in [-0.4, -0.2) is 49.2 Å². The zero-order valence-electron chi connectivity index (χ0n) is 17.1. The lowest BCUT2D eigenvalue weighted by Crippen LogP contribution is -2.11. The van der Waals surface area contributed by atoms with Crippen molar-refractivity contribution in [3.63, 3.8) is 0 Å². The molecule has 31 heavy (non-hydrogen) atoms. The third kappa shape index (κ3) is 4.22. The Balaban J connectivity index is 0.00000272. The Morgan fingerprint density at radius 1 is 1.16 bits per heavy atom. The number of hydrogen-bond donors (Lipinski definition) is 0. The third-order valence-electron chi connectivity index (χ3n) is 4.61. The van der Waals surface area contributed by atoms with E-state index in [1.54, 1.807) is 29.9 Å². The molecular formula is C20H21FN6O3S. The summed E-state index contributed by atoms with van der Waals surface area (Å²) in [6.07, 6.45) is 4.47. The summed E-state index contributed by atoms with van der Waals surface area (Å²) in [5.74, 6) is -0.250. The summed E-state index contributed by atoms with van der Waals surface area (Å²) in [6.45, 7) is 3.94. The van der Waals surface area contributed by atoms with E-state index in [1.807, 2.05) is 6.92 Å². The summed E-state index contributed by atoms with van der Waals surface area (Å²) < 4.78 is 26.8. The summed E-state index contributed by atoms with van der Waals surface area (Å²) in [5.41, 5.74) is 2.30. The lowest BCUT2D eigenvalue weighted by atomic mass is 10.1. The quantitative estimate of drug-likeness (QED) is 0.422. The molecule has 0 aliphatic heterocycles. The molecule has 0 radical (unpaired) electrons. The van der Waals surface area contributed by atoms with E-state index in [9.17, 15) is 9.18 Å². The number of aromatic nitrogens is 6. The van der Waals surface area contributed by atoms with E-state index in [0.29, 0.717) is 22.5 Å². The van der Waals surface area contributed by atoms with Gasteiger partial charge in [-0.1, -0.05) is 12.1 Å². The highest BCUT2D eigenvalue weighted by Crippen LogP contribution is 2.28. The van der Waals surface area contributed by atoms with Crippen LogP contribution in [0.15, 0.2) is 42.9 Å². The van der Waals surface area contributed by atoms with E-state index >= 15 is 0 Å². The minimum absolute atomic E-state index is 0. The number of hydrogen-bond acceptors (Lipinski definition) is 7. The van der Waals surface area contributed by atoms with E-state index in [1.165, 1.54) is 36.3 Å². The van der Waals surface area contributed by atoms with Crippen molar-refractivity contribution < 1.29 is 18.7 Å². The van der Waals surface area contributed by atoms with Crippen LogP contribution in [-0.2, 0) is 4.74 Å². The zero-order chi connectivity index (χ0) is 21.3. The molecule has 9 nitrogen and oxygen atoms in total. The number of carbonyl (C=O) groups excluding carboxylic acids is 1. The number of rotatable bonds is 6. The summed E-state index contributed by atoms with van der Waals surface area (Å²) in [7, 11) is 1.50. The molecule has 0 unspecified atom stereocenters. The average Bonchev–Trinajstić information content (AvgIpc) is 3.41. The van der Waals surface area contributed by atoms with Gasteiger partial charge in [0.25, 0.3) is 5.95 Å². The Morgan fingerprint density at radius 2 is 1.90 bits per heavy atom. The van der Waals surface area contributed by atoms with Crippen LogP contribution in [0.1, 0.15) is 35.8 Å². The second-order valence-corrected chi connectivity index (χ2v) is 6.48. The fourth-order valence-corrected chi connectivity index (χ4v) is 3.09. The number of methoxy groups -OCH3 is 1. The van der Waals surface area contributed by atoms with Crippen molar-refractivity contribution in [3.05, 3.63) is 59.8 Å². The van der Waals surface area contributed by atoms with Gasteiger partial charge >= 0.3 is 5.97 Å². The smallest absolute Gasteiger partial charge is 0.341 e. The van der Waals surface area contributed by atoms with Crippen LogP contribution in [0.5, 0.6) is 5.88 Å². The Bertz CT molecular complexity index is 1210. The average molecular weight is 444 g/mol. The Hall–Kier alpha value is -3.47. The predicted octanol–water partition coefficient (Wildman–Crippen LogP) is 3.06. The van der Waals surface area contributed by atoms with E-state index in [-0.39, 0.29) is 37.9 Å². The van der Waals surface area contributed by atoms with Crippen LogP contribution in [0.4, 0.5) is 4.39 Å². The van der Waals surface area contributed by atoms with Crippen LogP contribution in [0.3, 0.4) is 0 Å². The molecule has 0 saturated heterocycles. The standard InChI is InChI=1S/C20H19FN6O3.H2S/c1-4-30-19(28)14-9-22-26(11-14)20-24-16-10-23-27(17(16)18(25-20)29-3)12(2)13-5-7-15(21)8-6-13;/h5-12H,4H2,1-3H3;1H2/t12-;/m0./s1. The molecule has 4 rings (SSSR count). The molecule has 0 amide bonds. The minimum atomic E-state index is -0.474. The second-order valence-electron chi connectivity index (χ2n) is 6.48. The van der Waals surface area contributed by atoms with Crippen molar-refractivity contribution in [1.82, 2.24) is 29.5 Å². The fraction of sp³-hybridized carbons (Fsp3) is 0.250. The largest absolute Gasteiger partial charge is 0.479 e. The van der Waals surface area contributed by atoms with Crippen molar-refractivity contribution in [1.29, 1.82) is 0 Å². The predicted molar refractivity (Wildman–Crippen MR) is 116 cm³/mol. The molecule has 0 aliphatic carbocycles. The first-order valence-corrected chi connectivity index (χ1v) is 9.28. The van der Waals surface area contributed by atoms with Crippen LogP contribution in [0.25, 0.3) is 17.0 Å². The lowest BCUT2D eigenvalue weighted by Gasteiger charge is -2.15. The molecule has 11 heteroatoms. The van der Waals surface area contributed by atoms with Crippen molar-refractivity contribution in [3.8, 4) is 11.8 Å². The molecule has 4 aromatic rings. The van der Waals surface area contributed by atoms with E-state index in [4.69, 9.17) is 9.47 Å². The number of esters is 1. The van der Waals surface area contributed by atoms with Crippen LogP contribution in [0, 0.1) is 5.82 Å². The number of nitrogens with zero attached hydrogens (tertiary/aromatic N) is 6. The monoisotopic (exact) mass is 444 g/mol. The molecule has 0 saturated carbocycles. The lowest BCUT2D eigenvalue weighted by molar-refractivity contribution is 0.0526. The molecule has 0 spiro atoms. The first kappa shape index (κ1) is 22.2. The molecule has 0 aliphatic rings. The van der Waals surface area contributed by atoms with Crippen LogP contribution in [0.2, 0.25) is 0 Å². The zero-order valence-corrected chi connectivity index (χ0v) is 18.1. The Labute approximate surface area is 184 Å². The first-order chi connectivity index (χ1) is 14.5. The van der Waals surface area contributed by atoms with Crippen molar-refractivity contribution in [2.45, 2.75) is 19.9 Å². The molecule has 3 aromatic heterocycles. The molecule has 0 bridgehead atoms. The number of benzene rings is 1. The third-order valence-corrected chi connectivity index (χ3v) is 4.61. The van der Waals surface area contributed by atoms with Gasteiger partial charge in [0.15, 0.2) is 0 Å². The maximum absolute atomic E-state index is 13.3. The van der Waals surface area contributed by atoms with Gasteiger partial charge in [-0.2, -0.15) is 28.7 Å². The summed E-state index contributed by atoms with van der Waals surface area (Å²) in [4.78, 5) is 20.8. The molecular weight excluding hydrogens is 423 g/mol. The van der Waals surface area contributed by atoms with Gasteiger partial charge < -0.3 is 9.47 Å². The summed E-state index contributed by atoms with van der Waals surface area (Å²) in [5, 5.41) is 8.57. The number of halogens is 1. The van der Waals surface area contributed by atoms with Gasteiger partial charge in [-0.05, 0) is 31.5 Å². The van der Waals surface area contributed by atoms with Gasteiger partial charge in [0.1, 0.15) is 16.9 Å². The molecule has 3 heterocycles. The molecule has 0 N–H and O–H groups in total. The maximum atomic E-state index is 13.3. The molecule has 0 fully saturated rings. The summed E-state index contributed by atoms with van der Waals surface area (Å²) >= 11 is 0. The maximum Gasteiger partial charge on any atom is 0.341 e. The Kier molecular flexibility index (Phi) is 6.54. The SMILES string of the molecule is CCOC(=O)c1cnn(-c2nc(OC)c3c(cnn3[C@@H](C)c3ccc(F)cc3)n2)c1.S. The van der Waals surface area contributed by atoms with Crippen LogP contribution < -0.4 is 4.74 Å². The van der Waals surface area contributed by atoms with Gasteiger partial charge in [-0.3, -0.25) is 4.68 Å². The second kappa shape index (κ2) is 9.13. The summed E-state index contributed by atoms with van der Waals surface area (Å²) in [6, 6.07) is 6.02. The normalized spacial score (nSPS) is 11.7. The van der Waals surface area contributed by atoms with Gasteiger partial charge in [0.2, 0.25) is 5.88 Å². The Morgan fingerprint density at radius 3 is 2.58 bits per heavy atom. The molecule has 162 valence electrons. The van der Waals surface area contributed by atoms with Gasteiger partial charge in [-0.15, -0.1) is 0 Å². The van der Waals surface area contributed by atoms with E-state index in [2.05, 4.69) is 20.2 Å². The number of carbonyl (C=O) groups is 1. The highest BCUT2D eigenvalue weighted by molar-refractivity contribution is 7.59. The van der Waals surface area contributed by atoms with Crippen molar-refractivity contribution in [2.24, 2.45) is 0 Å². The fourth-order valence-electron chi connectivity index (χ4n) is 3.09. The number of ether oxygens (including phenoxy) is 2. The molecule has 1 atom stereocenters.